The second kappa shape index (κ2) is 8.66. The average molecular weight is 621 g/mol. The standard InChI is InChI=1S/C21H23BrFIN4O2S/c1-21(2,3)30-20(29)27-7-5-11(6-8-27)28-18-12-9-14(24)15(22)16(23)17(12)26-19(31-4)13(18)10-25-28/h9-11H,5-8H2,1-4H3. The van der Waals surface area contributed by atoms with Crippen molar-refractivity contribution in [2.75, 3.05) is 19.3 Å². The van der Waals surface area contributed by atoms with Crippen LogP contribution in [-0.2, 0) is 4.74 Å². The van der Waals surface area contributed by atoms with E-state index < -0.39 is 5.60 Å². The molecule has 1 fully saturated rings. The number of ether oxygens (including phenoxy) is 1. The lowest BCUT2D eigenvalue weighted by atomic mass is 10.0. The van der Waals surface area contributed by atoms with E-state index in [1.54, 1.807) is 4.90 Å². The molecule has 0 N–H and O–H groups in total. The fourth-order valence-electron chi connectivity index (χ4n) is 3.88. The molecular formula is C21H23BrFIN4O2S. The second-order valence-corrected chi connectivity index (χ2v) is 11.3. The number of carbonyl (C=O) groups excluding carboxylic acids is 1. The van der Waals surface area contributed by atoms with Crippen molar-refractivity contribution in [1.29, 1.82) is 0 Å². The fourth-order valence-corrected chi connectivity index (χ4v) is 5.28. The summed E-state index contributed by atoms with van der Waals surface area (Å²) < 4.78 is 23.8. The van der Waals surface area contributed by atoms with Gasteiger partial charge in [-0.05, 0) is 84.5 Å². The summed E-state index contributed by atoms with van der Waals surface area (Å²) in [5.41, 5.74) is 0.730. The minimum atomic E-state index is -0.512. The van der Waals surface area contributed by atoms with Gasteiger partial charge in [0.05, 0.1) is 27.6 Å². The van der Waals surface area contributed by atoms with Crippen molar-refractivity contribution >= 4 is 78.2 Å². The number of rotatable bonds is 2. The number of amides is 1. The fraction of sp³-hybridized carbons (Fsp3) is 0.476. The molecule has 1 aromatic carbocycles. The zero-order chi connectivity index (χ0) is 22.5. The van der Waals surface area contributed by atoms with Crippen LogP contribution in [0, 0.1) is 9.39 Å². The lowest BCUT2D eigenvalue weighted by Crippen LogP contribution is -2.42. The van der Waals surface area contributed by atoms with E-state index in [-0.39, 0.29) is 18.0 Å². The van der Waals surface area contributed by atoms with E-state index in [9.17, 15) is 4.79 Å². The highest BCUT2D eigenvalue weighted by atomic mass is 127. The van der Waals surface area contributed by atoms with Gasteiger partial charge in [0.25, 0.3) is 0 Å². The van der Waals surface area contributed by atoms with Gasteiger partial charge in [-0.2, -0.15) is 5.10 Å². The number of fused-ring (bicyclic) bond motifs is 3. The number of pyridine rings is 1. The first kappa shape index (κ1) is 23.0. The third-order valence-electron chi connectivity index (χ3n) is 5.29. The monoisotopic (exact) mass is 620 g/mol. The number of nitrogens with zero attached hydrogens (tertiary/aromatic N) is 4. The maximum absolute atomic E-state index is 15.0. The van der Waals surface area contributed by atoms with E-state index in [1.165, 1.54) is 11.8 Å². The molecule has 1 aliphatic rings. The molecular weight excluding hydrogens is 598 g/mol. The molecule has 3 heterocycles. The number of halogens is 3. The third-order valence-corrected chi connectivity index (χ3v) is 8.35. The van der Waals surface area contributed by atoms with Crippen molar-refractivity contribution in [2.24, 2.45) is 0 Å². The minimum Gasteiger partial charge on any atom is -0.444 e. The molecule has 0 bridgehead atoms. The highest BCUT2D eigenvalue weighted by molar-refractivity contribution is 14.1. The van der Waals surface area contributed by atoms with Crippen LogP contribution in [0.1, 0.15) is 39.7 Å². The van der Waals surface area contributed by atoms with Crippen molar-refractivity contribution in [2.45, 2.75) is 50.3 Å². The van der Waals surface area contributed by atoms with Crippen LogP contribution in [0.2, 0.25) is 0 Å². The number of aromatic nitrogens is 3. The topological polar surface area (TPSA) is 60.2 Å². The van der Waals surface area contributed by atoms with Crippen molar-refractivity contribution < 1.29 is 13.9 Å². The molecule has 4 rings (SSSR count). The predicted octanol–water partition coefficient (Wildman–Crippen LogP) is 6.38. The van der Waals surface area contributed by atoms with Crippen LogP contribution in [0.5, 0.6) is 0 Å². The van der Waals surface area contributed by atoms with E-state index in [0.717, 1.165) is 37.7 Å². The van der Waals surface area contributed by atoms with Crippen molar-refractivity contribution in [1.82, 2.24) is 19.7 Å². The quantitative estimate of drug-likeness (QED) is 0.189. The van der Waals surface area contributed by atoms with E-state index >= 15 is 4.39 Å². The molecule has 0 unspecified atom stereocenters. The Morgan fingerprint density at radius 2 is 2.00 bits per heavy atom. The van der Waals surface area contributed by atoms with Gasteiger partial charge in [-0.3, -0.25) is 4.68 Å². The highest BCUT2D eigenvalue weighted by Crippen LogP contribution is 2.38. The molecule has 0 radical (unpaired) electrons. The van der Waals surface area contributed by atoms with Crippen LogP contribution < -0.4 is 0 Å². The maximum atomic E-state index is 15.0. The lowest BCUT2D eigenvalue weighted by molar-refractivity contribution is 0.0186. The number of hydrogen-bond donors (Lipinski definition) is 0. The molecule has 1 amide bonds. The summed E-state index contributed by atoms with van der Waals surface area (Å²) in [5.74, 6) is -0.355. The Hall–Kier alpha value is -1.14. The number of likely N-dealkylation sites (tertiary alicyclic amines) is 1. The molecule has 0 saturated carbocycles. The summed E-state index contributed by atoms with van der Waals surface area (Å²) in [6, 6.07) is 2.07. The van der Waals surface area contributed by atoms with Crippen molar-refractivity contribution in [3.63, 3.8) is 0 Å². The van der Waals surface area contributed by atoms with Gasteiger partial charge in [-0.25, -0.2) is 14.2 Å². The Balaban J connectivity index is 1.72. The minimum absolute atomic E-state index is 0.112. The number of hydrogen-bond acceptors (Lipinski definition) is 5. The van der Waals surface area contributed by atoms with E-state index in [0.29, 0.717) is 23.1 Å². The van der Waals surface area contributed by atoms with Crippen LogP contribution in [-0.4, -0.2) is 50.7 Å². The summed E-state index contributed by atoms with van der Waals surface area (Å²) in [6.45, 7) is 6.80. The van der Waals surface area contributed by atoms with Crippen LogP contribution in [0.4, 0.5) is 9.18 Å². The molecule has 1 saturated heterocycles. The first-order valence-corrected chi connectivity index (χ1v) is 13.1. The van der Waals surface area contributed by atoms with Crippen LogP contribution in [0.3, 0.4) is 0 Å². The normalized spacial score (nSPS) is 15.8. The highest BCUT2D eigenvalue weighted by Gasteiger charge is 2.29. The Labute approximate surface area is 206 Å². The molecule has 31 heavy (non-hydrogen) atoms. The summed E-state index contributed by atoms with van der Waals surface area (Å²) in [4.78, 5) is 18.7. The Morgan fingerprint density at radius 1 is 1.32 bits per heavy atom. The molecule has 2 aromatic heterocycles. The van der Waals surface area contributed by atoms with Gasteiger partial charge in [0.15, 0.2) is 5.82 Å². The second-order valence-electron chi connectivity index (χ2n) is 8.55. The van der Waals surface area contributed by atoms with Gasteiger partial charge < -0.3 is 9.64 Å². The maximum Gasteiger partial charge on any atom is 0.410 e. The first-order valence-electron chi connectivity index (χ1n) is 9.97. The summed E-state index contributed by atoms with van der Waals surface area (Å²) in [5, 5.41) is 7.12. The first-order chi connectivity index (χ1) is 14.6. The van der Waals surface area contributed by atoms with E-state index in [4.69, 9.17) is 4.74 Å². The SMILES string of the molecule is CSc1nc2c(F)c(Br)c(I)cc2c2c1cnn2C1CCN(C(=O)OC(C)(C)C)CC1. The lowest BCUT2D eigenvalue weighted by Gasteiger charge is -2.33. The van der Waals surface area contributed by atoms with Gasteiger partial charge in [0.1, 0.15) is 16.1 Å². The number of benzene rings is 1. The smallest absolute Gasteiger partial charge is 0.410 e. The van der Waals surface area contributed by atoms with Crippen molar-refractivity contribution in [3.8, 4) is 0 Å². The number of carbonyl (C=O) groups is 1. The third kappa shape index (κ3) is 4.39. The zero-order valence-electron chi connectivity index (χ0n) is 17.7. The van der Waals surface area contributed by atoms with Gasteiger partial charge >= 0.3 is 6.09 Å². The molecule has 1 aliphatic heterocycles. The average Bonchev–Trinajstić information content (AvgIpc) is 3.16. The van der Waals surface area contributed by atoms with Gasteiger partial charge in [0.2, 0.25) is 0 Å². The van der Waals surface area contributed by atoms with E-state index in [1.807, 2.05) is 44.0 Å². The van der Waals surface area contributed by atoms with Gasteiger partial charge in [-0.1, -0.05) is 0 Å². The summed E-state index contributed by atoms with van der Waals surface area (Å²) >= 11 is 6.95. The largest absolute Gasteiger partial charge is 0.444 e. The number of piperidine rings is 1. The van der Waals surface area contributed by atoms with E-state index in [2.05, 4.69) is 48.6 Å². The van der Waals surface area contributed by atoms with Crippen molar-refractivity contribution in [3.05, 3.63) is 26.1 Å². The Morgan fingerprint density at radius 3 is 2.61 bits per heavy atom. The van der Waals surface area contributed by atoms with Crippen LogP contribution in [0.25, 0.3) is 21.8 Å². The summed E-state index contributed by atoms with van der Waals surface area (Å²) in [6.07, 6.45) is 4.98. The molecule has 166 valence electrons. The summed E-state index contributed by atoms with van der Waals surface area (Å²) in [7, 11) is 0. The Kier molecular flexibility index (Phi) is 6.43. The number of thioether (sulfide) groups is 1. The molecule has 3 aromatic rings. The van der Waals surface area contributed by atoms with Crippen LogP contribution >= 0.6 is 50.3 Å². The molecule has 0 aliphatic carbocycles. The predicted molar refractivity (Wildman–Crippen MR) is 133 cm³/mol. The molecule has 10 heteroatoms. The van der Waals surface area contributed by atoms with Gasteiger partial charge in [-0.15, -0.1) is 11.8 Å². The molecule has 0 spiro atoms. The van der Waals surface area contributed by atoms with Crippen LogP contribution in [0.15, 0.2) is 21.8 Å². The van der Waals surface area contributed by atoms with Gasteiger partial charge in [0, 0.05) is 22.0 Å². The molecule has 6 nitrogen and oxygen atoms in total. The molecule has 0 atom stereocenters. The zero-order valence-corrected chi connectivity index (χ0v) is 22.3. The Bertz CT molecular complexity index is 1170.